The largest absolute Gasteiger partial charge is 0.496 e. The van der Waals surface area contributed by atoms with Gasteiger partial charge in [0, 0.05) is 31.4 Å². The van der Waals surface area contributed by atoms with Crippen LogP contribution in [0, 0.1) is 0 Å². The van der Waals surface area contributed by atoms with Gasteiger partial charge in [0.05, 0.1) is 35.4 Å². The average Bonchev–Trinajstić information content (AvgIpc) is 3.53. The van der Waals surface area contributed by atoms with Gasteiger partial charge in [-0.1, -0.05) is 41.9 Å². The summed E-state index contributed by atoms with van der Waals surface area (Å²) >= 11 is 13.3. The molecule has 3 N–H and O–H groups in total. The molecule has 0 spiro atoms. The van der Waals surface area contributed by atoms with E-state index in [1.807, 2.05) is 36.4 Å². The number of piperazine rings is 1. The molecule has 1 unspecified atom stereocenters. The predicted octanol–water partition coefficient (Wildman–Crippen LogP) is 3.65. The van der Waals surface area contributed by atoms with Crippen LogP contribution in [0.2, 0.25) is 4.34 Å². The maximum atomic E-state index is 13.0. The molecule has 14 heteroatoms. The summed E-state index contributed by atoms with van der Waals surface area (Å²) in [7, 11) is -2.40. The lowest BCUT2D eigenvalue weighted by molar-refractivity contribution is -0.129. The summed E-state index contributed by atoms with van der Waals surface area (Å²) in [6.07, 6.45) is 0. The Hall–Kier alpha value is -2.87. The summed E-state index contributed by atoms with van der Waals surface area (Å²) < 4.78 is 37.5. The fourth-order valence-corrected chi connectivity index (χ4v) is 7.16. The topological polar surface area (TPSA) is 118 Å². The van der Waals surface area contributed by atoms with E-state index in [-0.39, 0.29) is 28.5 Å². The number of amides is 1. The van der Waals surface area contributed by atoms with Gasteiger partial charge in [-0.3, -0.25) is 14.2 Å². The molecule has 1 aliphatic heterocycles. The summed E-state index contributed by atoms with van der Waals surface area (Å²) in [6, 6.07) is 15.7. The molecule has 0 radical (unpaired) electrons. The van der Waals surface area contributed by atoms with Crippen molar-refractivity contribution in [3.8, 4) is 5.75 Å². The summed E-state index contributed by atoms with van der Waals surface area (Å²) in [6.45, 7) is 2.62. The lowest BCUT2D eigenvalue weighted by atomic mass is 10.1. The minimum absolute atomic E-state index is 0.0807. The fraction of sp³-hybridized carbons (Fsp3) is 0.280. The SMILES string of the molecule is COc1cccc2c1c(NS(=O)(=O)c1ccc(Cl)s1)nn2Cc1cccc(CN(Cl)C(=O)C2CNCCN2)c1. The molecule has 1 aliphatic rings. The number of sulfonamides is 1. The number of anilines is 1. The van der Waals surface area contributed by atoms with Gasteiger partial charge in [0.25, 0.3) is 15.9 Å². The van der Waals surface area contributed by atoms with Gasteiger partial charge in [-0.15, -0.1) is 11.3 Å². The monoisotopic (exact) mass is 608 g/mol. The molecule has 4 aromatic rings. The number of benzene rings is 2. The number of rotatable bonds is 9. The lowest BCUT2D eigenvalue weighted by Crippen LogP contribution is -2.55. The van der Waals surface area contributed by atoms with Crippen molar-refractivity contribution in [1.29, 1.82) is 0 Å². The number of thiophene rings is 1. The van der Waals surface area contributed by atoms with E-state index in [2.05, 4.69) is 20.5 Å². The molecule has 0 saturated carbocycles. The van der Waals surface area contributed by atoms with Crippen molar-refractivity contribution in [3.63, 3.8) is 0 Å². The van der Waals surface area contributed by atoms with Crippen LogP contribution < -0.4 is 20.1 Å². The molecule has 39 heavy (non-hydrogen) atoms. The van der Waals surface area contributed by atoms with Crippen LogP contribution in [-0.2, 0) is 27.9 Å². The third-order valence-electron chi connectivity index (χ3n) is 6.23. The van der Waals surface area contributed by atoms with E-state index in [0.717, 1.165) is 29.0 Å². The number of halogens is 2. The third kappa shape index (κ3) is 6.16. The van der Waals surface area contributed by atoms with E-state index in [1.54, 1.807) is 10.7 Å². The zero-order chi connectivity index (χ0) is 27.6. The first-order valence-corrected chi connectivity index (χ1v) is 15.1. The van der Waals surface area contributed by atoms with E-state index in [4.69, 9.17) is 28.1 Å². The molecule has 1 saturated heterocycles. The maximum absolute atomic E-state index is 13.0. The highest BCUT2D eigenvalue weighted by molar-refractivity contribution is 7.94. The molecule has 206 valence electrons. The molecule has 1 amide bonds. The summed E-state index contributed by atoms with van der Waals surface area (Å²) in [5.41, 5.74) is 2.44. The molecule has 1 atom stereocenters. The maximum Gasteiger partial charge on any atom is 0.272 e. The number of aromatic nitrogens is 2. The molecule has 10 nitrogen and oxygen atoms in total. The van der Waals surface area contributed by atoms with Gasteiger partial charge >= 0.3 is 0 Å². The zero-order valence-electron chi connectivity index (χ0n) is 20.9. The van der Waals surface area contributed by atoms with Gasteiger partial charge in [0.1, 0.15) is 16.0 Å². The second-order valence-electron chi connectivity index (χ2n) is 8.91. The van der Waals surface area contributed by atoms with Crippen LogP contribution in [0.3, 0.4) is 0 Å². The number of fused-ring (bicyclic) bond motifs is 1. The Morgan fingerprint density at radius 3 is 2.72 bits per heavy atom. The number of carbonyl (C=O) groups is 1. The molecule has 0 bridgehead atoms. The third-order valence-corrected chi connectivity index (χ3v) is 9.58. The van der Waals surface area contributed by atoms with Crippen LogP contribution in [0.5, 0.6) is 5.75 Å². The number of nitrogens with zero attached hydrogens (tertiary/aromatic N) is 3. The Labute approximate surface area is 240 Å². The first-order chi connectivity index (χ1) is 18.7. The van der Waals surface area contributed by atoms with Gasteiger partial charge in [0.15, 0.2) is 5.82 Å². The van der Waals surface area contributed by atoms with Gasteiger partial charge in [0.2, 0.25) is 0 Å². The Bertz CT molecular complexity index is 1600. The van der Waals surface area contributed by atoms with E-state index in [9.17, 15) is 13.2 Å². The highest BCUT2D eigenvalue weighted by atomic mass is 35.5. The number of ether oxygens (including phenoxy) is 1. The van der Waals surface area contributed by atoms with Crippen LogP contribution >= 0.6 is 34.7 Å². The van der Waals surface area contributed by atoms with Crippen molar-refractivity contribution in [2.75, 3.05) is 31.5 Å². The van der Waals surface area contributed by atoms with E-state index >= 15 is 0 Å². The van der Waals surface area contributed by atoms with Gasteiger partial charge in [-0.05, 0) is 35.4 Å². The van der Waals surface area contributed by atoms with Crippen LogP contribution in [0.25, 0.3) is 10.9 Å². The molecule has 2 aromatic heterocycles. The molecule has 5 rings (SSSR count). The smallest absolute Gasteiger partial charge is 0.272 e. The van der Waals surface area contributed by atoms with Crippen molar-refractivity contribution in [2.24, 2.45) is 0 Å². The number of nitrogens with one attached hydrogen (secondary N) is 3. The van der Waals surface area contributed by atoms with Crippen LogP contribution in [0.1, 0.15) is 11.1 Å². The molecule has 3 heterocycles. The van der Waals surface area contributed by atoms with Gasteiger partial charge < -0.3 is 15.4 Å². The van der Waals surface area contributed by atoms with E-state index in [0.29, 0.717) is 40.6 Å². The van der Waals surface area contributed by atoms with Gasteiger partial charge in [-0.25, -0.2) is 12.8 Å². The van der Waals surface area contributed by atoms with Crippen LogP contribution in [0.15, 0.2) is 58.8 Å². The molecule has 1 fully saturated rings. The number of hydrogen-bond donors (Lipinski definition) is 3. The van der Waals surface area contributed by atoms with Crippen LogP contribution in [-0.4, -0.2) is 61.3 Å². The highest BCUT2D eigenvalue weighted by Gasteiger charge is 2.25. The zero-order valence-corrected chi connectivity index (χ0v) is 24.0. The number of hydrogen-bond acceptors (Lipinski definition) is 8. The normalized spacial score (nSPS) is 15.8. The predicted molar refractivity (Wildman–Crippen MR) is 153 cm³/mol. The molecular weight excluding hydrogens is 583 g/mol. The van der Waals surface area contributed by atoms with Crippen molar-refractivity contribution >= 4 is 67.4 Å². The minimum atomic E-state index is -3.92. The van der Waals surface area contributed by atoms with Gasteiger partial charge in [-0.2, -0.15) is 5.10 Å². The Morgan fingerprint density at radius 2 is 2.00 bits per heavy atom. The highest BCUT2D eigenvalue weighted by Crippen LogP contribution is 2.35. The average molecular weight is 610 g/mol. The van der Waals surface area contributed by atoms with E-state index < -0.39 is 10.0 Å². The van der Waals surface area contributed by atoms with Crippen molar-refractivity contribution < 1.29 is 17.9 Å². The summed E-state index contributed by atoms with van der Waals surface area (Å²) in [5.74, 6) is 0.439. The minimum Gasteiger partial charge on any atom is -0.496 e. The summed E-state index contributed by atoms with van der Waals surface area (Å²) in [4.78, 5) is 12.7. The van der Waals surface area contributed by atoms with Crippen molar-refractivity contribution in [3.05, 3.63) is 70.1 Å². The molecule has 2 aromatic carbocycles. The molecule has 0 aliphatic carbocycles. The first kappa shape index (κ1) is 27.7. The Balaban J connectivity index is 1.40. The number of methoxy groups -OCH3 is 1. The summed E-state index contributed by atoms with van der Waals surface area (Å²) in [5, 5.41) is 11.5. The standard InChI is InChI=1S/C25H26Cl2N6O4S2/c1-37-20-7-3-6-19-23(20)24(31-39(35,36)22-9-8-21(26)38-22)30-33(19)15-17-5-2-4-16(12-17)14-32(27)25(34)18-13-28-10-11-29-18/h2-9,12,18,28-29H,10-11,13-15H2,1H3,(H,30,31). The number of carbonyl (C=O) groups excluding carboxylic acids is 1. The molecular formula is C25H26Cl2N6O4S2. The Morgan fingerprint density at radius 1 is 1.21 bits per heavy atom. The lowest BCUT2D eigenvalue weighted by Gasteiger charge is -2.26. The Kier molecular flexibility index (Phi) is 8.31. The second-order valence-corrected chi connectivity index (χ2v) is 12.9. The first-order valence-electron chi connectivity index (χ1n) is 12.1. The van der Waals surface area contributed by atoms with Crippen molar-refractivity contribution in [1.82, 2.24) is 24.8 Å². The van der Waals surface area contributed by atoms with Crippen molar-refractivity contribution in [2.45, 2.75) is 23.3 Å². The quantitative estimate of drug-likeness (QED) is 0.248. The fourth-order valence-electron chi connectivity index (χ4n) is 4.41. The van der Waals surface area contributed by atoms with Crippen LogP contribution in [0.4, 0.5) is 5.82 Å². The second kappa shape index (κ2) is 11.7. The van der Waals surface area contributed by atoms with E-state index in [1.165, 1.54) is 23.7 Å².